The van der Waals surface area contributed by atoms with Gasteiger partial charge in [0.1, 0.15) is 5.65 Å². The van der Waals surface area contributed by atoms with Crippen LogP contribution in [0.4, 0.5) is 0 Å². The number of aryl methyl sites for hydroxylation is 1. The third-order valence-corrected chi connectivity index (χ3v) is 3.71. The highest BCUT2D eigenvalue weighted by molar-refractivity contribution is 5.76. The van der Waals surface area contributed by atoms with Gasteiger partial charge < -0.3 is 4.40 Å². The maximum absolute atomic E-state index is 12.5. The van der Waals surface area contributed by atoms with Crippen molar-refractivity contribution in [1.29, 1.82) is 0 Å². The van der Waals surface area contributed by atoms with Crippen molar-refractivity contribution in [3.05, 3.63) is 76.7 Å². The smallest absolute Gasteiger partial charge is 0.261 e. The molecular weight excluding hydrogens is 276 g/mol. The number of para-hydroxylation sites is 1. The first kappa shape index (κ1) is 12.8. The normalized spacial score (nSPS) is 11.3. The van der Waals surface area contributed by atoms with Gasteiger partial charge >= 0.3 is 0 Å². The monoisotopic (exact) mass is 290 g/mol. The van der Waals surface area contributed by atoms with Gasteiger partial charge in [-0.1, -0.05) is 18.2 Å². The van der Waals surface area contributed by atoms with E-state index in [2.05, 4.69) is 9.97 Å². The second kappa shape index (κ2) is 4.80. The molecule has 0 amide bonds. The number of imidazole rings is 1. The second-order valence-electron chi connectivity index (χ2n) is 5.40. The summed E-state index contributed by atoms with van der Waals surface area (Å²) in [4.78, 5) is 21.4. The number of fused-ring (bicyclic) bond motifs is 2. The lowest BCUT2D eigenvalue weighted by Crippen LogP contribution is -2.21. The Bertz CT molecular complexity index is 1050. The summed E-state index contributed by atoms with van der Waals surface area (Å²) in [6, 6.07) is 11.4. The molecule has 0 saturated carbocycles. The van der Waals surface area contributed by atoms with Crippen LogP contribution >= 0.6 is 0 Å². The number of benzene rings is 1. The average Bonchev–Trinajstić information content (AvgIpc) is 2.92. The van der Waals surface area contributed by atoms with Gasteiger partial charge in [-0.2, -0.15) is 0 Å². The van der Waals surface area contributed by atoms with E-state index in [4.69, 9.17) is 0 Å². The summed E-state index contributed by atoms with van der Waals surface area (Å²) in [5.74, 6) is 0. The highest BCUT2D eigenvalue weighted by Crippen LogP contribution is 2.09. The van der Waals surface area contributed by atoms with E-state index in [0.29, 0.717) is 11.9 Å². The van der Waals surface area contributed by atoms with Crippen molar-refractivity contribution in [2.24, 2.45) is 0 Å². The first-order valence-electron chi connectivity index (χ1n) is 7.09. The van der Waals surface area contributed by atoms with Crippen LogP contribution < -0.4 is 5.56 Å². The molecular formula is C17H14N4O. The number of nitrogens with zero attached hydrogens (tertiary/aromatic N) is 4. The topological polar surface area (TPSA) is 52.2 Å². The summed E-state index contributed by atoms with van der Waals surface area (Å²) in [6.07, 6.45) is 5.55. The predicted molar refractivity (Wildman–Crippen MR) is 85.0 cm³/mol. The molecule has 0 bridgehead atoms. The fourth-order valence-corrected chi connectivity index (χ4v) is 2.63. The van der Waals surface area contributed by atoms with Gasteiger partial charge in [-0.15, -0.1) is 0 Å². The van der Waals surface area contributed by atoms with E-state index < -0.39 is 0 Å². The van der Waals surface area contributed by atoms with E-state index in [1.165, 1.54) is 5.56 Å². The zero-order valence-electron chi connectivity index (χ0n) is 12.1. The van der Waals surface area contributed by atoms with E-state index >= 15 is 0 Å². The van der Waals surface area contributed by atoms with Crippen molar-refractivity contribution in [3.8, 4) is 0 Å². The van der Waals surface area contributed by atoms with Gasteiger partial charge in [0, 0.05) is 12.4 Å². The van der Waals surface area contributed by atoms with Gasteiger partial charge in [-0.05, 0) is 30.7 Å². The van der Waals surface area contributed by atoms with Gasteiger partial charge in [0.2, 0.25) is 0 Å². The quantitative estimate of drug-likeness (QED) is 0.569. The Morgan fingerprint density at radius 1 is 1.09 bits per heavy atom. The van der Waals surface area contributed by atoms with Gasteiger partial charge in [-0.3, -0.25) is 9.36 Å². The van der Waals surface area contributed by atoms with E-state index in [1.807, 2.05) is 54.0 Å². The maximum Gasteiger partial charge on any atom is 0.261 e. The zero-order valence-corrected chi connectivity index (χ0v) is 12.1. The average molecular weight is 290 g/mol. The van der Waals surface area contributed by atoms with Crippen LogP contribution in [-0.4, -0.2) is 18.9 Å². The number of rotatable bonds is 2. The molecule has 0 radical (unpaired) electrons. The molecule has 0 spiro atoms. The van der Waals surface area contributed by atoms with Crippen LogP contribution in [0.15, 0.2) is 59.9 Å². The lowest BCUT2D eigenvalue weighted by atomic mass is 10.2. The zero-order chi connectivity index (χ0) is 15.1. The van der Waals surface area contributed by atoms with E-state index in [1.54, 1.807) is 17.0 Å². The summed E-state index contributed by atoms with van der Waals surface area (Å²) in [5.41, 5.74) is 3.56. The molecule has 0 unspecified atom stereocenters. The molecule has 3 heterocycles. The minimum Gasteiger partial charge on any atom is -0.306 e. The highest BCUT2D eigenvalue weighted by atomic mass is 16.1. The van der Waals surface area contributed by atoms with Crippen molar-refractivity contribution in [1.82, 2.24) is 18.9 Å². The molecule has 4 rings (SSSR count). The number of hydrogen-bond acceptors (Lipinski definition) is 3. The highest BCUT2D eigenvalue weighted by Gasteiger charge is 2.07. The Balaban J connectivity index is 1.78. The molecule has 0 aliphatic rings. The maximum atomic E-state index is 12.5. The Morgan fingerprint density at radius 3 is 2.86 bits per heavy atom. The van der Waals surface area contributed by atoms with Crippen LogP contribution in [-0.2, 0) is 6.54 Å². The molecule has 0 aliphatic carbocycles. The minimum atomic E-state index is -0.0427. The predicted octanol–water partition coefficient (Wildman–Crippen LogP) is 2.40. The largest absolute Gasteiger partial charge is 0.306 e. The molecule has 5 nitrogen and oxygen atoms in total. The van der Waals surface area contributed by atoms with Crippen LogP contribution in [0.5, 0.6) is 0 Å². The fraction of sp³-hybridized carbons (Fsp3) is 0.118. The molecule has 1 aromatic carbocycles. The van der Waals surface area contributed by atoms with E-state index in [9.17, 15) is 4.79 Å². The molecule has 0 N–H and O–H groups in total. The number of pyridine rings is 1. The van der Waals surface area contributed by atoms with Crippen LogP contribution in [0.2, 0.25) is 0 Å². The van der Waals surface area contributed by atoms with Crippen molar-refractivity contribution < 1.29 is 0 Å². The third-order valence-electron chi connectivity index (χ3n) is 3.71. The van der Waals surface area contributed by atoms with Gasteiger partial charge in [0.25, 0.3) is 5.56 Å². The third kappa shape index (κ3) is 2.07. The molecule has 5 heteroatoms. The van der Waals surface area contributed by atoms with Crippen LogP contribution in [0, 0.1) is 6.92 Å². The Hall–Kier alpha value is -2.95. The minimum absolute atomic E-state index is 0.0427. The summed E-state index contributed by atoms with van der Waals surface area (Å²) >= 11 is 0. The van der Waals surface area contributed by atoms with E-state index in [-0.39, 0.29) is 5.56 Å². The summed E-state index contributed by atoms with van der Waals surface area (Å²) in [7, 11) is 0. The molecule has 0 fully saturated rings. The van der Waals surface area contributed by atoms with Gasteiger partial charge in [0.15, 0.2) is 0 Å². The standard InChI is InChI=1S/C17H14N4O/c1-12-6-7-16-19-13(9-20(16)8-12)10-21-11-18-15-5-3-2-4-14(15)17(21)22/h2-9,11H,10H2,1H3. The van der Waals surface area contributed by atoms with Crippen molar-refractivity contribution in [2.45, 2.75) is 13.5 Å². The van der Waals surface area contributed by atoms with Crippen LogP contribution in [0.3, 0.4) is 0 Å². The molecule has 108 valence electrons. The first-order chi connectivity index (χ1) is 10.7. The lowest BCUT2D eigenvalue weighted by Gasteiger charge is -2.04. The Morgan fingerprint density at radius 2 is 1.95 bits per heavy atom. The molecule has 0 saturated heterocycles. The van der Waals surface area contributed by atoms with Gasteiger partial charge in [0.05, 0.1) is 29.5 Å². The Kier molecular flexibility index (Phi) is 2.79. The second-order valence-corrected chi connectivity index (χ2v) is 5.40. The van der Waals surface area contributed by atoms with Crippen molar-refractivity contribution in [2.75, 3.05) is 0 Å². The lowest BCUT2D eigenvalue weighted by molar-refractivity contribution is 0.734. The molecule has 0 aliphatic heterocycles. The first-order valence-corrected chi connectivity index (χ1v) is 7.09. The summed E-state index contributed by atoms with van der Waals surface area (Å²) in [6.45, 7) is 2.45. The summed E-state index contributed by atoms with van der Waals surface area (Å²) < 4.78 is 3.57. The van der Waals surface area contributed by atoms with Crippen molar-refractivity contribution in [3.63, 3.8) is 0 Å². The molecule has 0 atom stereocenters. The van der Waals surface area contributed by atoms with E-state index in [0.717, 1.165) is 16.9 Å². The van der Waals surface area contributed by atoms with Crippen molar-refractivity contribution >= 4 is 16.6 Å². The molecule has 22 heavy (non-hydrogen) atoms. The Labute approximate surface area is 126 Å². The SMILES string of the molecule is Cc1ccc2nc(Cn3cnc4ccccc4c3=O)cn2c1. The molecule has 3 aromatic heterocycles. The number of hydrogen-bond donors (Lipinski definition) is 0. The fourth-order valence-electron chi connectivity index (χ4n) is 2.63. The summed E-state index contributed by atoms with van der Waals surface area (Å²) in [5, 5.41) is 0.629. The van der Waals surface area contributed by atoms with Crippen LogP contribution in [0.1, 0.15) is 11.3 Å². The number of aromatic nitrogens is 4. The van der Waals surface area contributed by atoms with Crippen LogP contribution in [0.25, 0.3) is 16.6 Å². The van der Waals surface area contributed by atoms with Gasteiger partial charge in [-0.25, -0.2) is 9.97 Å². The molecule has 4 aromatic rings.